The Kier molecular flexibility index (Phi) is 5.04. The molecular weight excluding hydrogens is 330 g/mol. The number of sulfone groups is 1. The number of rotatable bonds is 5. The van der Waals surface area contributed by atoms with E-state index in [1.165, 1.54) is 12.1 Å². The second-order valence-electron chi connectivity index (χ2n) is 5.22. The minimum absolute atomic E-state index is 0.0568. The van der Waals surface area contributed by atoms with Gasteiger partial charge in [-0.2, -0.15) is 0 Å². The summed E-state index contributed by atoms with van der Waals surface area (Å²) in [6.07, 6.45) is 0.125. The van der Waals surface area contributed by atoms with Crippen molar-refractivity contribution in [3.8, 4) is 0 Å². The Morgan fingerprint density at radius 2 is 1.71 bits per heavy atom. The molecule has 2 aromatic rings. The van der Waals surface area contributed by atoms with Crippen LogP contribution in [-0.4, -0.2) is 20.3 Å². The number of amides is 1. The van der Waals surface area contributed by atoms with E-state index in [4.69, 9.17) is 0 Å². The average Bonchev–Trinajstić information content (AvgIpc) is 2.54. The highest BCUT2D eigenvalue weighted by Crippen LogP contribution is 2.29. The summed E-state index contributed by atoms with van der Waals surface area (Å²) in [5.41, 5.74) is 0.606. The highest BCUT2D eigenvalue weighted by Gasteiger charge is 2.22. The first-order chi connectivity index (χ1) is 11.3. The molecular formula is C17H16NO5S-. The summed E-state index contributed by atoms with van der Waals surface area (Å²) in [5, 5.41) is 13.4. The molecule has 1 amide bonds. The number of carbonyl (C=O) groups is 2. The van der Waals surface area contributed by atoms with Gasteiger partial charge in [-0.1, -0.05) is 30.7 Å². The topological polar surface area (TPSA) is 103 Å². The molecule has 0 radical (unpaired) electrons. The van der Waals surface area contributed by atoms with E-state index in [0.29, 0.717) is 0 Å². The predicted octanol–water partition coefficient (Wildman–Crippen LogP) is 1.54. The lowest BCUT2D eigenvalue weighted by atomic mass is 10.2. The molecule has 6 nitrogen and oxygen atoms in total. The van der Waals surface area contributed by atoms with Gasteiger partial charge in [0.1, 0.15) is 0 Å². The number of carboxylic acid groups (broad SMARTS) is 1. The first-order valence-corrected chi connectivity index (χ1v) is 8.71. The molecule has 126 valence electrons. The quantitative estimate of drug-likeness (QED) is 0.884. The van der Waals surface area contributed by atoms with Gasteiger partial charge in [-0.25, -0.2) is 8.42 Å². The van der Waals surface area contributed by atoms with Crippen molar-refractivity contribution >= 4 is 27.4 Å². The zero-order valence-corrected chi connectivity index (χ0v) is 14.0. The van der Waals surface area contributed by atoms with E-state index in [9.17, 15) is 23.1 Å². The Morgan fingerprint density at radius 3 is 2.25 bits per heavy atom. The zero-order valence-electron chi connectivity index (χ0n) is 13.2. The van der Waals surface area contributed by atoms with Gasteiger partial charge in [0.15, 0.2) is 0 Å². The van der Waals surface area contributed by atoms with Crippen LogP contribution in [0.5, 0.6) is 0 Å². The molecule has 0 bridgehead atoms. The van der Waals surface area contributed by atoms with Gasteiger partial charge in [0.25, 0.3) is 0 Å². The minimum atomic E-state index is -3.91. The molecule has 0 fully saturated rings. The maximum absolute atomic E-state index is 12.8. The molecule has 0 aliphatic heterocycles. The smallest absolute Gasteiger partial charge is 0.224 e. The van der Waals surface area contributed by atoms with Crippen molar-refractivity contribution in [2.24, 2.45) is 0 Å². The maximum atomic E-state index is 12.8. The third kappa shape index (κ3) is 3.62. The lowest BCUT2D eigenvalue weighted by molar-refractivity contribution is -0.255. The number of hydrogen-bond acceptors (Lipinski definition) is 5. The first kappa shape index (κ1) is 17.7. The Bertz CT molecular complexity index is 886. The van der Waals surface area contributed by atoms with E-state index >= 15 is 0 Å². The van der Waals surface area contributed by atoms with Crippen LogP contribution in [0.3, 0.4) is 0 Å². The van der Waals surface area contributed by atoms with Gasteiger partial charge in [0, 0.05) is 6.42 Å². The molecule has 0 aromatic heterocycles. The van der Waals surface area contributed by atoms with Crippen LogP contribution in [0.2, 0.25) is 0 Å². The zero-order chi connectivity index (χ0) is 17.9. The summed E-state index contributed by atoms with van der Waals surface area (Å²) in [6.45, 7) is 3.43. The molecule has 1 N–H and O–H groups in total. The molecule has 0 spiro atoms. The first-order valence-electron chi connectivity index (χ1n) is 7.22. The molecule has 0 aliphatic rings. The monoisotopic (exact) mass is 346 g/mol. The molecule has 0 saturated heterocycles. The summed E-state index contributed by atoms with van der Waals surface area (Å²) in [4.78, 5) is 22.5. The highest BCUT2D eigenvalue weighted by molar-refractivity contribution is 7.91. The molecule has 0 heterocycles. The van der Waals surface area contributed by atoms with Gasteiger partial charge in [-0.3, -0.25) is 4.79 Å². The van der Waals surface area contributed by atoms with Crippen LogP contribution in [0.4, 0.5) is 5.69 Å². The van der Waals surface area contributed by atoms with E-state index in [1.54, 1.807) is 19.1 Å². The fourth-order valence-corrected chi connectivity index (χ4v) is 3.47. The number of hydrogen-bond donors (Lipinski definition) is 1. The van der Waals surface area contributed by atoms with Crippen LogP contribution in [0, 0.1) is 6.92 Å². The van der Waals surface area contributed by atoms with Crippen LogP contribution in [-0.2, 0) is 14.6 Å². The lowest BCUT2D eigenvalue weighted by Gasteiger charge is -2.14. The number of aryl methyl sites for hydroxylation is 1. The summed E-state index contributed by atoms with van der Waals surface area (Å²) >= 11 is 0. The number of nitrogens with one attached hydrogen (secondary N) is 1. The second kappa shape index (κ2) is 6.84. The molecule has 2 aromatic carbocycles. The van der Waals surface area contributed by atoms with Crippen LogP contribution in [0.25, 0.3) is 0 Å². The molecule has 7 heteroatoms. The van der Waals surface area contributed by atoms with Gasteiger partial charge in [0.05, 0.1) is 21.4 Å². The standard InChI is InChI=1S/C17H17NO5S/c1-3-16(19)18-14-10-12(17(20)21)6-9-15(14)24(22,23)13-7-4-11(2)5-8-13/h4-10H,3H2,1-2H3,(H,18,19)(H,20,21)/p-1. The number of carboxylic acids is 1. The van der Waals surface area contributed by atoms with Crippen LogP contribution < -0.4 is 10.4 Å². The van der Waals surface area contributed by atoms with Gasteiger partial charge in [0.2, 0.25) is 15.7 Å². The Balaban J connectivity index is 2.60. The number of aromatic carboxylic acids is 1. The van der Waals surface area contributed by atoms with Gasteiger partial charge >= 0.3 is 0 Å². The fraction of sp³-hybridized carbons (Fsp3) is 0.176. The SMILES string of the molecule is CCC(=O)Nc1cc(C(=O)[O-])ccc1S(=O)(=O)c1ccc(C)cc1. The number of benzene rings is 2. The van der Waals surface area contributed by atoms with Crippen LogP contribution in [0.15, 0.2) is 52.3 Å². The summed E-state index contributed by atoms with van der Waals surface area (Å²) in [6, 6.07) is 9.62. The summed E-state index contributed by atoms with van der Waals surface area (Å²) in [7, 11) is -3.91. The summed E-state index contributed by atoms with van der Waals surface area (Å²) < 4.78 is 25.6. The van der Waals surface area contributed by atoms with Crippen molar-refractivity contribution in [3.63, 3.8) is 0 Å². The van der Waals surface area contributed by atoms with E-state index in [-0.39, 0.29) is 27.5 Å². The highest BCUT2D eigenvalue weighted by atomic mass is 32.2. The second-order valence-corrected chi connectivity index (χ2v) is 7.13. The molecule has 2 rings (SSSR count). The van der Waals surface area contributed by atoms with Crippen molar-refractivity contribution in [3.05, 3.63) is 53.6 Å². The normalized spacial score (nSPS) is 11.1. The van der Waals surface area contributed by atoms with Gasteiger partial charge in [-0.15, -0.1) is 0 Å². The largest absolute Gasteiger partial charge is 0.545 e. The minimum Gasteiger partial charge on any atom is -0.545 e. The molecule has 0 aliphatic carbocycles. The molecule has 0 unspecified atom stereocenters. The van der Waals surface area contributed by atoms with Crippen LogP contribution in [0.1, 0.15) is 29.3 Å². The Labute approximate surface area is 140 Å². The van der Waals surface area contributed by atoms with Crippen molar-refractivity contribution in [1.29, 1.82) is 0 Å². The number of carbonyl (C=O) groups excluding carboxylic acids is 2. The third-order valence-electron chi connectivity index (χ3n) is 3.43. The van der Waals surface area contributed by atoms with Crippen molar-refractivity contribution in [2.75, 3.05) is 5.32 Å². The van der Waals surface area contributed by atoms with Crippen molar-refractivity contribution in [2.45, 2.75) is 30.1 Å². The fourth-order valence-electron chi connectivity index (χ4n) is 2.07. The number of anilines is 1. The van der Waals surface area contributed by atoms with Gasteiger partial charge < -0.3 is 15.2 Å². The molecule has 0 saturated carbocycles. The maximum Gasteiger partial charge on any atom is 0.224 e. The molecule has 24 heavy (non-hydrogen) atoms. The Hall–Kier alpha value is -2.67. The van der Waals surface area contributed by atoms with E-state index in [2.05, 4.69) is 5.32 Å². The van der Waals surface area contributed by atoms with Gasteiger partial charge in [-0.05, 0) is 36.8 Å². The third-order valence-corrected chi connectivity index (χ3v) is 5.26. The van der Waals surface area contributed by atoms with E-state index < -0.39 is 21.7 Å². The lowest BCUT2D eigenvalue weighted by Crippen LogP contribution is -2.23. The van der Waals surface area contributed by atoms with Crippen molar-refractivity contribution < 1.29 is 23.1 Å². The van der Waals surface area contributed by atoms with Crippen LogP contribution >= 0.6 is 0 Å². The van der Waals surface area contributed by atoms with E-state index in [1.807, 2.05) is 6.92 Å². The van der Waals surface area contributed by atoms with Crippen molar-refractivity contribution in [1.82, 2.24) is 0 Å². The van der Waals surface area contributed by atoms with E-state index in [0.717, 1.165) is 23.8 Å². The predicted molar refractivity (Wildman–Crippen MR) is 86.3 cm³/mol. The Morgan fingerprint density at radius 1 is 1.08 bits per heavy atom. The molecule has 0 atom stereocenters. The summed E-state index contributed by atoms with van der Waals surface area (Å²) in [5.74, 6) is -1.88. The average molecular weight is 346 g/mol.